The van der Waals surface area contributed by atoms with Crippen LogP contribution < -0.4 is 5.32 Å². The van der Waals surface area contributed by atoms with E-state index in [1.165, 1.54) is 27.7 Å². The first-order valence-electron chi connectivity index (χ1n) is 6.37. The maximum Gasteiger partial charge on any atom is 0.0741 e. The first-order chi connectivity index (χ1) is 8.16. The molecule has 2 rings (SSSR count). The molecule has 0 saturated heterocycles. The van der Waals surface area contributed by atoms with Crippen molar-refractivity contribution in [2.24, 2.45) is 0 Å². The lowest BCUT2D eigenvalue weighted by molar-refractivity contribution is 0.144. The zero-order valence-corrected chi connectivity index (χ0v) is 12.4. The second-order valence-corrected chi connectivity index (χ2v) is 6.16. The molecule has 3 heteroatoms. The summed E-state index contributed by atoms with van der Waals surface area (Å²) in [6, 6.07) is 6.63. The number of halogens is 1. The molecule has 2 nitrogen and oxygen atoms in total. The summed E-state index contributed by atoms with van der Waals surface area (Å²) in [6.07, 6.45) is 5.44. The van der Waals surface area contributed by atoms with Crippen molar-refractivity contribution in [3.63, 3.8) is 0 Å². The summed E-state index contributed by atoms with van der Waals surface area (Å²) in [4.78, 5) is 0. The number of nitrogens with one attached hydrogen (secondary N) is 1. The highest BCUT2D eigenvalue weighted by molar-refractivity contribution is 14.1. The maximum atomic E-state index is 10.1. The summed E-state index contributed by atoms with van der Waals surface area (Å²) < 4.78 is 1.24. The van der Waals surface area contributed by atoms with E-state index in [1.54, 1.807) is 0 Å². The standard InChI is InChI=1S/C14H20INO/c1-10-7-8-11(15)9-13(10)16-12-5-3-2-4-6-14(12)17/h7-9,12,14,16-17H,2-6H2,1H3. The Morgan fingerprint density at radius 1 is 1.24 bits per heavy atom. The zero-order valence-electron chi connectivity index (χ0n) is 10.2. The van der Waals surface area contributed by atoms with Gasteiger partial charge in [-0.2, -0.15) is 0 Å². The quantitative estimate of drug-likeness (QED) is 0.633. The van der Waals surface area contributed by atoms with Crippen LogP contribution >= 0.6 is 22.6 Å². The van der Waals surface area contributed by atoms with Crippen LogP contribution in [0.3, 0.4) is 0 Å². The van der Waals surface area contributed by atoms with Crippen molar-refractivity contribution in [3.8, 4) is 0 Å². The lowest BCUT2D eigenvalue weighted by Gasteiger charge is -2.24. The van der Waals surface area contributed by atoms with Crippen LogP contribution in [0.4, 0.5) is 5.69 Å². The Kier molecular flexibility index (Phi) is 4.68. The molecular weight excluding hydrogens is 325 g/mol. The minimum atomic E-state index is -0.199. The van der Waals surface area contributed by atoms with E-state index in [1.807, 2.05) is 0 Å². The second-order valence-electron chi connectivity index (χ2n) is 4.92. The lowest BCUT2D eigenvalue weighted by Crippen LogP contribution is -2.32. The van der Waals surface area contributed by atoms with Gasteiger partial charge in [-0.05, 0) is 60.1 Å². The maximum absolute atomic E-state index is 10.1. The van der Waals surface area contributed by atoms with Crippen LogP contribution in [0.25, 0.3) is 0 Å². The highest BCUT2D eigenvalue weighted by Crippen LogP contribution is 2.24. The van der Waals surface area contributed by atoms with Crippen molar-refractivity contribution in [1.82, 2.24) is 0 Å². The van der Waals surface area contributed by atoms with Gasteiger partial charge in [0.05, 0.1) is 12.1 Å². The highest BCUT2D eigenvalue weighted by atomic mass is 127. The molecule has 0 aliphatic heterocycles. The summed E-state index contributed by atoms with van der Waals surface area (Å²) >= 11 is 2.33. The van der Waals surface area contributed by atoms with Crippen LogP contribution in [0.2, 0.25) is 0 Å². The molecule has 0 amide bonds. The van der Waals surface area contributed by atoms with Gasteiger partial charge in [-0.15, -0.1) is 0 Å². The van der Waals surface area contributed by atoms with Crippen LogP contribution in [0.5, 0.6) is 0 Å². The van der Waals surface area contributed by atoms with Crippen molar-refractivity contribution in [2.75, 3.05) is 5.32 Å². The fourth-order valence-corrected chi connectivity index (χ4v) is 2.90. The van der Waals surface area contributed by atoms with Gasteiger partial charge in [-0.25, -0.2) is 0 Å². The highest BCUT2D eigenvalue weighted by Gasteiger charge is 2.21. The number of aryl methyl sites for hydroxylation is 1. The number of anilines is 1. The smallest absolute Gasteiger partial charge is 0.0741 e. The third kappa shape index (κ3) is 3.58. The fourth-order valence-electron chi connectivity index (χ4n) is 2.41. The Balaban J connectivity index is 2.10. The van der Waals surface area contributed by atoms with Gasteiger partial charge >= 0.3 is 0 Å². The molecule has 0 aromatic heterocycles. The summed E-state index contributed by atoms with van der Waals surface area (Å²) in [5, 5.41) is 13.6. The summed E-state index contributed by atoms with van der Waals surface area (Å²) in [6.45, 7) is 2.11. The van der Waals surface area contributed by atoms with Crippen molar-refractivity contribution < 1.29 is 5.11 Å². The number of aliphatic hydroxyl groups is 1. The molecular formula is C14H20INO. The second kappa shape index (κ2) is 6.05. The van der Waals surface area contributed by atoms with Gasteiger partial charge in [-0.3, -0.25) is 0 Å². The molecule has 1 aromatic carbocycles. The number of benzene rings is 1. The Labute approximate surface area is 117 Å². The number of rotatable bonds is 2. The molecule has 2 atom stereocenters. The van der Waals surface area contributed by atoms with Gasteiger partial charge in [0.2, 0.25) is 0 Å². The Bertz CT molecular complexity index is 380. The zero-order chi connectivity index (χ0) is 12.3. The van der Waals surface area contributed by atoms with Crippen molar-refractivity contribution in [3.05, 3.63) is 27.3 Å². The molecule has 1 fully saturated rings. The van der Waals surface area contributed by atoms with Gasteiger partial charge in [0, 0.05) is 9.26 Å². The lowest BCUT2D eigenvalue weighted by atomic mass is 10.0. The number of aliphatic hydroxyl groups excluding tert-OH is 1. The van der Waals surface area contributed by atoms with Crippen molar-refractivity contribution >= 4 is 28.3 Å². The predicted molar refractivity (Wildman–Crippen MR) is 80.4 cm³/mol. The van der Waals surface area contributed by atoms with Gasteiger partial charge in [0.25, 0.3) is 0 Å². The third-order valence-corrected chi connectivity index (χ3v) is 4.19. The van der Waals surface area contributed by atoms with E-state index in [-0.39, 0.29) is 12.1 Å². The number of hydrogen-bond acceptors (Lipinski definition) is 2. The van der Waals surface area contributed by atoms with Crippen molar-refractivity contribution in [2.45, 2.75) is 51.2 Å². The molecule has 0 radical (unpaired) electrons. The van der Waals surface area contributed by atoms with E-state index in [9.17, 15) is 5.11 Å². The van der Waals surface area contributed by atoms with Gasteiger partial charge in [0.1, 0.15) is 0 Å². The molecule has 0 spiro atoms. The molecule has 2 unspecified atom stereocenters. The molecule has 17 heavy (non-hydrogen) atoms. The van der Waals surface area contributed by atoms with Gasteiger partial charge < -0.3 is 10.4 Å². The van der Waals surface area contributed by atoms with E-state index < -0.39 is 0 Å². The van der Waals surface area contributed by atoms with E-state index in [0.29, 0.717) is 0 Å². The number of hydrogen-bond donors (Lipinski definition) is 2. The first-order valence-corrected chi connectivity index (χ1v) is 7.45. The van der Waals surface area contributed by atoms with Crippen LogP contribution in [0.1, 0.15) is 37.7 Å². The first kappa shape index (κ1) is 13.1. The predicted octanol–water partition coefficient (Wildman–Crippen LogP) is 3.71. The Morgan fingerprint density at radius 2 is 2.00 bits per heavy atom. The minimum absolute atomic E-state index is 0.199. The molecule has 1 aromatic rings. The Morgan fingerprint density at radius 3 is 2.82 bits per heavy atom. The van der Waals surface area contributed by atoms with Gasteiger partial charge in [-0.1, -0.05) is 25.3 Å². The third-order valence-electron chi connectivity index (χ3n) is 3.52. The molecule has 2 N–H and O–H groups in total. The monoisotopic (exact) mass is 345 g/mol. The largest absolute Gasteiger partial charge is 0.391 e. The SMILES string of the molecule is Cc1ccc(I)cc1NC1CCCCCC1O. The average molecular weight is 345 g/mol. The summed E-state index contributed by atoms with van der Waals surface area (Å²) in [5.74, 6) is 0. The molecule has 1 saturated carbocycles. The van der Waals surface area contributed by atoms with Crippen molar-refractivity contribution in [1.29, 1.82) is 0 Å². The van der Waals surface area contributed by atoms with Crippen LogP contribution in [-0.4, -0.2) is 17.3 Å². The summed E-state index contributed by atoms with van der Waals surface area (Å²) in [7, 11) is 0. The van der Waals surface area contributed by atoms with Crippen LogP contribution in [-0.2, 0) is 0 Å². The fraction of sp³-hybridized carbons (Fsp3) is 0.571. The summed E-state index contributed by atoms with van der Waals surface area (Å²) in [5.41, 5.74) is 2.42. The van der Waals surface area contributed by atoms with E-state index in [2.05, 4.69) is 53.0 Å². The molecule has 94 valence electrons. The Hall–Kier alpha value is -0.290. The van der Waals surface area contributed by atoms with E-state index in [4.69, 9.17) is 0 Å². The normalized spacial score (nSPS) is 25.4. The minimum Gasteiger partial charge on any atom is -0.391 e. The van der Waals surface area contributed by atoms with Crippen LogP contribution in [0, 0.1) is 10.5 Å². The van der Waals surface area contributed by atoms with E-state index in [0.717, 1.165) is 19.3 Å². The van der Waals surface area contributed by atoms with Crippen LogP contribution in [0.15, 0.2) is 18.2 Å². The van der Waals surface area contributed by atoms with Gasteiger partial charge in [0.15, 0.2) is 0 Å². The van der Waals surface area contributed by atoms with E-state index >= 15 is 0 Å². The topological polar surface area (TPSA) is 32.3 Å². The molecule has 1 aliphatic carbocycles. The molecule has 0 heterocycles. The molecule has 0 bridgehead atoms. The molecule has 1 aliphatic rings. The average Bonchev–Trinajstić information content (AvgIpc) is 2.50.